The quantitative estimate of drug-likeness (QED) is 0.713. The highest BCUT2D eigenvalue weighted by Crippen LogP contribution is 2.24. The number of imidazole rings is 1. The van der Waals surface area contributed by atoms with Gasteiger partial charge in [-0.05, 0) is 39.3 Å². The van der Waals surface area contributed by atoms with Gasteiger partial charge in [0, 0.05) is 11.7 Å². The minimum absolute atomic E-state index is 0.0543. The van der Waals surface area contributed by atoms with Crippen LogP contribution in [-0.4, -0.2) is 14.5 Å². The zero-order valence-electron chi connectivity index (χ0n) is 10.1. The lowest BCUT2D eigenvalue weighted by molar-refractivity contribution is 0.396. The number of fused-ring (bicyclic) bond motifs is 1. The summed E-state index contributed by atoms with van der Waals surface area (Å²) in [6, 6.07) is 2.04. The van der Waals surface area contributed by atoms with Gasteiger partial charge in [-0.15, -0.1) is 11.6 Å². The molecule has 0 aliphatic rings. The Bertz CT molecular complexity index is 523. The standard InChI is InChI=1S/C12H16ClN3/c1-8-5-9-11(14-7-8)16(12(2,3)4)10(6-13)15-9/h5,7H,6H2,1-4H3. The maximum atomic E-state index is 5.94. The fraction of sp³-hybridized carbons (Fsp3) is 0.500. The molecule has 0 bridgehead atoms. The zero-order chi connectivity index (χ0) is 11.9. The molecule has 0 saturated heterocycles. The molecular weight excluding hydrogens is 222 g/mol. The Morgan fingerprint density at radius 2 is 2.06 bits per heavy atom. The summed E-state index contributed by atoms with van der Waals surface area (Å²) >= 11 is 5.94. The monoisotopic (exact) mass is 237 g/mol. The second-order valence-electron chi connectivity index (χ2n) is 5.02. The smallest absolute Gasteiger partial charge is 0.160 e. The second kappa shape index (κ2) is 3.74. The van der Waals surface area contributed by atoms with Crippen LogP contribution in [0.25, 0.3) is 11.2 Å². The molecule has 0 aliphatic carbocycles. The van der Waals surface area contributed by atoms with E-state index in [0.29, 0.717) is 5.88 Å². The predicted octanol–water partition coefficient (Wildman–Crippen LogP) is 3.23. The largest absolute Gasteiger partial charge is 0.306 e. The number of rotatable bonds is 1. The van der Waals surface area contributed by atoms with E-state index >= 15 is 0 Å². The lowest BCUT2D eigenvalue weighted by Crippen LogP contribution is -2.24. The van der Waals surface area contributed by atoms with Crippen LogP contribution in [0.15, 0.2) is 12.3 Å². The van der Waals surface area contributed by atoms with Gasteiger partial charge in [-0.2, -0.15) is 0 Å². The van der Waals surface area contributed by atoms with E-state index in [0.717, 1.165) is 22.6 Å². The molecule has 3 nitrogen and oxygen atoms in total. The molecule has 0 radical (unpaired) electrons. The van der Waals surface area contributed by atoms with Gasteiger partial charge in [0.1, 0.15) is 11.3 Å². The molecule has 0 saturated carbocycles. The summed E-state index contributed by atoms with van der Waals surface area (Å²) in [5.41, 5.74) is 2.90. The summed E-state index contributed by atoms with van der Waals surface area (Å²) in [6.45, 7) is 8.41. The van der Waals surface area contributed by atoms with Crippen LogP contribution in [0.3, 0.4) is 0 Å². The van der Waals surface area contributed by atoms with E-state index in [4.69, 9.17) is 11.6 Å². The third kappa shape index (κ3) is 1.80. The lowest BCUT2D eigenvalue weighted by Gasteiger charge is -2.23. The molecule has 2 aromatic heterocycles. The first kappa shape index (κ1) is 11.4. The topological polar surface area (TPSA) is 30.7 Å². The van der Waals surface area contributed by atoms with Gasteiger partial charge < -0.3 is 4.57 Å². The lowest BCUT2D eigenvalue weighted by atomic mass is 10.1. The molecule has 0 aromatic carbocycles. The SMILES string of the molecule is Cc1cnc2c(c1)nc(CCl)n2C(C)(C)C. The van der Waals surface area contributed by atoms with Gasteiger partial charge in [0.2, 0.25) is 0 Å². The molecule has 2 heterocycles. The number of pyridine rings is 1. The molecule has 16 heavy (non-hydrogen) atoms. The number of hydrogen-bond donors (Lipinski definition) is 0. The summed E-state index contributed by atoms with van der Waals surface area (Å²) in [7, 11) is 0. The van der Waals surface area contributed by atoms with Crippen LogP contribution in [0.4, 0.5) is 0 Å². The maximum Gasteiger partial charge on any atom is 0.160 e. The van der Waals surface area contributed by atoms with Gasteiger partial charge in [0.05, 0.1) is 5.88 Å². The third-order valence-electron chi connectivity index (χ3n) is 2.49. The van der Waals surface area contributed by atoms with Gasteiger partial charge in [0.25, 0.3) is 0 Å². The molecule has 0 aliphatic heterocycles. The first-order valence-electron chi connectivity index (χ1n) is 5.34. The fourth-order valence-electron chi connectivity index (χ4n) is 1.91. The number of aromatic nitrogens is 3. The highest BCUT2D eigenvalue weighted by atomic mass is 35.5. The van der Waals surface area contributed by atoms with Gasteiger partial charge in [-0.3, -0.25) is 0 Å². The van der Waals surface area contributed by atoms with Gasteiger partial charge in [-0.1, -0.05) is 0 Å². The second-order valence-corrected chi connectivity index (χ2v) is 5.29. The van der Waals surface area contributed by atoms with Crippen molar-refractivity contribution in [2.45, 2.75) is 39.1 Å². The number of aryl methyl sites for hydroxylation is 1. The molecule has 0 N–H and O–H groups in total. The average molecular weight is 238 g/mol. The van der Waals surface area contributed by atoms with Crippen molar-refractivity contribution >= 4 is 22.8 Å². The minimum atomic E-state index is -0.0543. The predicted molar refractivity (Wildman–Crippen MR) is 66.8 cm³/mol. The Balaban J connectivity index is 2.79. The van der Waals surface area contributed by atoms with E-state index in [-0.39, 0.29) is 5.54 Å². The molecule has 4 heteroatoms. The summed E-state index contributed by atoms with van der Waals surface area (Å²) in [5.74, 6) is 1.29. The number of alkyl halides is 1. The van der Waals surface area contributed by atoms with Crippen molar-refractivity contribution in [3.8, 4) is 0 Å². The van der Waals surface area contributed by atoms with Crippen LogP contribution in [0.5, 0.6) is 0 Å². The van der Waals surface area contributed by atoms with E-state index in [2.05, 4.69) is 35.3 Å². The van der Waals surface area contributed by atoms with Gasteiger partial charge in [0.15, 0.2) is 5.65 Å². The van der Waals surface area contributed by atoms with Crippen LogP contribution in [0.1, 0.15) is 32.2 Å². The normalized spacial score (nSPS) is 12.3. The Morgan fingerprint density at radius 1 is 1.38 bits per heavy atom. The molecule has 0 atom stereocenters. The van der Waals surface area contributed by atoms with Gasteiger partial charge >= 0.3 is 0 Å². The van der Waals surface area contributed by atoms with Crippen LogP contribution < -0.4 is 0 Å². The van der Waals surface area contributed by atoms with Crippen molar-refractivity contribution in [3.05, 3.63) is 23.7 Å². The summed E-state index contributed by atoms with van der Waals surface area (Å²) in [5, 5.41) is 0. The minimum Gasteiger partial charge on any atom is -0.306 e. The number of halogens is 1. The summed E-state index contributed by atoms with van der Waals surface area (Å²) < 4.78 is 2.11. The average Bonchev–Trinajstić information content (AvgIpc) is 2.54. The zero-order valence-corrected chi connectivity index (χ0v) is 10.8. The van der Waals surface area contributed by atoms with Crippen LogP contribution >= 0.6 is 11.6 Å². The molecule has 0 unspecified atom stereocenters. The number of nitrogens with zero attached hydrogens (tertiary/aromatic N) is 3. The van der Waals surface area contributed by atoms with Crippen LogP contribution in [-0.2, 0) is 11.4 Å². The summed E-state index contributed by atoms with van der Waals surface area (Å²) in [6.07, 6.45) is 1.87. The highest BCUT2D eigenvalue weighted by Gasteiger charge is 2.21. The Hall–Kier alpha value is -1.09. The molecule has 0 amide bonds. The highest BCUT2D eigenvalue weighted by molar-refractivity contribution is 6.16. The summed E-state index contributed by atoms with van der Waals surface area (Å²) in [4.78, 5) is 8.98. The molecule has 0 fully saturated rings. The van der Waals surface area contributed by atoms with Gasteiger partial charge in [-0.25, -0.2) is 9.97 Å². The molecule has 86 valence electrons. The molecular formula is C12H16ClN3. The molecule has 0 spiro atoms. The first-order chi connectivity index (χ1) is 7.43. The van der Waals surface area contributed by atoms with E-state index < -0.39 is 0 Å². The Morgan fingerprint density at radius 3 is 2.62 bits per heavy atom. The van der Waals surface area contributed by atoms with Crippen LogP contribution in [0.2, 0.25) is 0 Å². The van der Waals surface area contributed by atoms with Crippen molar-refractivity contribution in [2.24, 2.45) is 0 Å². The maximum absolute atomic E-state index is 5.94. The van der Waals surface area contributed by atoms with E-state index in [1.165, 1.54) is 0 Å². The van der Waals surface area contributed by atoms with E-state index in [9.17, 15) is 0 Å². The van der Waals surface area contributed by atoms with Crippen LogP contribution in [0, 0.1) is 6.92 Å². The molecule has 2 rings (SSSR count). The fourth-order valence-corrected chi connectivity index (χ4v) is 2.09. The Kier molecular flexibility index (Phi) is 2.66. The molecule has 2 aromatic rings. The van der Waals surface area contributed by atoms with Crippen molar-refractivity contribution in [1.29, 1.82) is 0 Å². The third-order valence-corrected chi connectivity index (χ3v) is 2.73. The van der Waals surface area contributed by atoms with E-state index in [1.54, 1.807) is 0 Å². The van der Waals surface area contributed by atoms with Crippen molar-refractivity contribution in [1.82, 2.24) is 14.5 Å². The van der Waals surface area contributed by atoms with Crippen molar-refractivity contribution < 1.29 is 0 Å². The number of hydrogen-bond acceptors (Lipinski definition) is 2. The van der Waals surface area contributed by atoms with Crippen molar-refractivity contribution in [3.63, 3.8) is 0 Å². The Labute approximate surface area is 100 Å². The van der Waals surface area contributed by atoms with E-state index in [1.807, 2.05) is 19.2 Å². The first-order valence-corrected chi connectivity index (χ1v) is 5.87. The van der Waals surface area contributed by atoms with Crippen molar-refractivity contribution in [2.75, 3.05) is 0 Å².